The molecule has 6 nitrogen and oxygen atoms in total. The second-order valence-corrected chi connectivity index (χ2v) is 8.99. The molecule has 35 heavy (non-hydrogen) atoms. The lowest BCUT2D eigenvalue weighted by molar-refractivity contribution is -0.140. The lowest BCUT2D eigenvalue weighted by Gasteiger charge is -2.06. The minimum absolute atomic E-state index is 0.00783. The van der Waals surface area contributed by atoms with E-state index in [0.717, 1.165) is 16.4 Å². The Bertz CT molecular complexity index is 1450. The van der Waals surface area contributed by atoms with Crippen molar-refractivity contribution in [3.63, 3.8) is 0 Å². The number of H-pyrrole nitrogens is 1. The van der Waals surface area contributed by atoms with Crippen molar-refractivity contribution in [2.24, 2.45) is 0 Å². The van der Waals surface area contributed by atoms with Crippen LogP contribution in [0.3, 0.4) is 0 Å². The summed E-state index contributed by atoms with van der Waals surface area (Å²) >= 11 is 1.33. The monoisotopic (exact) mass is 495 g/mol. The van der Waals surface area contributed by atoms with Crippen LogP contribution in [0.25, 0.3) is 21.7 Å². The van der Waals surface area contributed by atoms with Gasteiger partial charge in [0.1, 0.15) is 22.9 Å². The van der Waals surface area contributed by atoms with Gasteiger partial charge < -0.3 is 15.5 Å². The van der Waals surface area contributed by atoms with Gasteiger partial charge in [0.25, 0.3) is 0 Å². The molecule has 2 aromatic carbocycles. The standard InChI is InChI=1S/C16H10F3N5OS.C9H10/c17-16(18,19)13-7-22-14(24-13)11-5-9(3-4-21-11)25-8-1-2-10-12(6-8)26-15(20)23-10;1-2-5-9-7-3-6-8(9)4-1/h1-7H,(H2,20,23)(H,22,24);1-2,4-5H,3,6-7H2. The average Bonchev–Trinajstić information content (AvgIpc) is 3.58. The van der Waals surface area contributed by atoms with Gasteiger partial charge in [0.2, 0.25) is 0 Å². The smallest absolute Gasteiger partial charge is 0.432 e. The Balaban J connectivity index is 0.000000234. The lowest BCUT2D eigenvalue weighted by Crippen LogP contribution is -2.04. The second kappa shape index (κ2) is 9.38. The maximum Gasteiger partial charge on any atom is 0.432 e. The van der Waals surface area contributed by atoms with Crippen LogP contribution in [0.15, 0.2) is 67.0 Å². The zero-order chi connectivity index (χ0) is 24.4. The van der Waals surface area contributed by atoms with E-state index in [9.17, 15) is 13.2 Å². The van der Waals surface area contributed by atoms with Crippen molar-refractivity contribution in [1.29, 1.82) is 0 Å². The largest absolute Gasteiger partial charge is 0.457 e. The molecule has 0 amide bonds. The van der Waals surface area contributed by atoms with Crippen molar-refractivity contribution < 1.29 is 17.9 Å². The van der Waals surface area contributed by atoms with Crippen LogP contribution in [0.4, 0.5) is 18.3 Å². The van der Waals surface area contributed by atoms with Crippen molar-refractivity contribution in [3.05, 3.63) is 83.8 Å². The number of hydrogen-bond donors (Lipinski definition) is 2. The van der Waals surface area contributed by atoms with Crippen LogP contribution < -0.4 is 10.5 Å². The summed E-state index contributed by atoms with van der Waals surface area (Å²) in [7, 11) is 0. The molecule has 0 radical (unpaired) electrons. The number of alkyl halides is 3. The van der Waals surface area contributed by atoms with E-state index in [1.165, 1.54) is 42.9 Å². The highest BCUT2D eigenvalue weighted by Gasteiger charge is 2.33. The van der Waals surface area contributed by atoms with Gasteiger partial charge in [0.05, 0.1) is 16.4 Å². The third-order valence-corrected chi connectivity index (χ3v) is 6.33. The molecule has 0 unspecified atom stereocenters. The number of hydrogen-bond acceptors (Lipinski definition) is 6. The number of rotatable bonds is 3. The van der Waals surface area contributed by atoms with Gasteiger partial charge in [-0.3, -0.25) is 4.98 Å². The fourth-order valence-corrected chi connectivity index (χ4v) is 4.60. The Hall–Kier alpha value is -3.92. The van der Waals surface area contributed by atoms with Crippen LogP contribution in [0.2, 0.25) is 0 Å². The number of aromatic amines is 1. The van der Waals surface area contributed by atoms with E-state index in [-0.39, 0.29) is 11.5 Å². The Kier molecular flexibility index (Phi) is 6.12. The molecule has 0 fully saturated rings. The van der Waals surface area contributed by atoms with E-state index in [1.807, 2.05) is 0 Å². The number of nitrogen functional groups attached to an aromatic ring is 1. The number of nitrogens with two attached hydrogens (primary N) is 1. The summed E-state index contributed by atoms with van der Waals surface area (Å²) in [5, 5.41) is 0.460. The van der Waals surface area contributed by atoms with Gasteiger partial charge in [-0.2, -0.15) is 13.2 Å². The number of ether oxygens (including phenoxy) is 1. The van der Waals surface area contributed by atoms with Crippen LogP contribution in [0.1, 0.15) is 23.2 Å². The lowest BCUT2D eigenvalue weighted by atomic mass is 10.1. The molecule has 0 spiro atoms. The fourth-order valence-electron chi connectivity index (χ4n) is 3.84. The quantitative estimate of drug-likeness (QED) is 0.293. The maximum absolute atomic E-state index is 12.7. The highest BCUT2D eigenvalue weighted by Crippen LogP contribution is 2.32. The minimum Gasteiger partial charge on any atom is -0.457 e. The van der Waals surface area contributed by atoms with Gasteiger partial charge >= 0.3 is 6.18 Å². The summed E-state index contributed by atoms with van der Waals surface area (Å²) in [6.45, 7) is 0. The van der Waals surface area contributed by atoms with E-state index in [4.69, 9.17) is 10.5 Å². The van der Waals surface area contributed by atoms with Crippen molar-refractivity contribution in [2.75, 3.05) is 5.73 Å². The summed E-state index contributed by atoms with van der Waals surface area (Å²) in [6.07, 6.45) is 1.63. The molecular formula is C25H20F3N5OS. The topological polar surface area (TPSA) is 89.7 Å². The van der Waals surface area contributed by atoms with Gasteiger partial charge in [0, 0.05) is 18.3 Å². The number of aromatic nitrogens is 4. The predicted molar refractivity (Wildman–Crippen MR) is 129 cm³/mol. The summed E-state index contributed by atoms with van der Waals surface area (Å²) in [5.74, 6) is 0.971. The van der Waals surface area contributed by atoms with Crippen LogP contribution >= 0.6 is 11.3 Å². The first-order valence-corrected chi connectivity index (χ1v) is 11.7. The number of benzene rings is 2. The molecule has 3 N–H and O–H groups in total. The molecule has 10 heteroatoms. The normalized spacial score (nSPS) is 12.8. The van der Waals surface area contributed by atoms with Crippen molar-refractivity contribution in [2.45, 2.75) is 25.4 Å². The molecule has 0 saturated heterocycles. The second-order valence-electron chi connectivity index (χ2n) is 7.93. The molecular weight excluding hydrogens is 475 g/mol. The summed E-state index contributed by atoms with van der Waals surface area (Å²) in [5.41, 5.74) is 8.88. The average molecular weight is 496 g/mol. The third-order valence-electron chi connectivity index (χ3n) is 5.48. The van der Waals surface area contributed by atoms with Crippen molar-refractivity contribution in [1.82, 2.24) is 19.9 Å². The molecule has 3 aromatic heterocycles. The number of aryl methyl sites for hydroxylation is 2. The molecule has 6 rings (SSSR count). The Morgan fingerprint density at radius 2 is 1.69 bits per heavy atom. The maximum atomic E-state index is 12.7. The van der Waals surface area contributed by atoms with E-state index >= 15 is 0 Å². The Labute approximate surface area is 202 Å². The zero-order valence-corrected chi connectivity index (χ0v) is 19.2. The molecule has 0 saturated carbocycles. The number of nitrogens with zero attached hydrogens (tertiary/aromatic N) is 3. The first-order chi connectivity index (χ1) is 16.8. The van der Waals surface area contributed by atoms with Gasteiger partial charge in [-0.15, -0.1) is 0 Å². The number of anilines is 1. The molecule has 5 aromatic rings. The molecule has 178 valence electrons. The van der Waals surface area contributed by atoms with Gasteiger partial charge in [-0.1, -0.05) is 35.6 Å². The third kappa shape index (κ3) is 5.27. The first kappa shape index (κ1) is 22.9. The van der Waals surface area contributed by atoms with E-state index in [2.05, 4.69) is 44.2 Å². The number of thiazole rings is 1. The first-order valence-electron chi connectivity index (χ1n) is 10.8. The minimum atomic E-state index is -4.49. The van der Waals surface area contributed by atoms with E-state index in [1.54, 1.807) is 35.4 Å². The zero-order valence-electron chi connectivity index (χ0n) is 18.3. The Morgan fingerprint density at radius 3 is 2.40 bits per heavy atom. The van der Waals surface area contributed by atoms with Crippen LogP contribution in [0.5, 0.6) is 11.5 Å². The van der Waals surface area contributed by atoms with Crippen LogP contribution in [-0.4, -0.2) is 19.9 Å². The van der Waals surface area contributed by atoms with Gasteiger partial charge in [0.15, 0.2) is 11.0 Å². The number of fused-ring (bicyclic) bond motifs is 2. The molecule has 0 aliphatic heterocycles. The highest BCUT2D eigenvalue weighted by atomic mass is 32.1. The van der Waals surface area contributed by atoms with Crippen molar-refractivity contribution in [3.8, 4) is 23.0 Å². The van der Waals surface area contributed by atoms with Crippen LogP contribution in [-0.2, 0) is 19.0 Å². The number of pyridine rings is 1. The number of nitrogens with one attached hydrogen (secondary N) is 1. The molecule has 0 bridgehead atoms. The summed E-state index contributed by atoms with van der Waals surface area (Å²) in [4.78, 5) is 14.1. The molecule has 0 atom stereocenters. The summed E-state index contributed by atoms with van der Waals surface area (Å²) in [6, 6.07) is 17.1. The van der Waals surface area contributed by atoms with E-state index < -0.39 is 11.9 Å². The van der Waals surface area contributed by atoms with Gasteiger partial charge in [-0.25, -0.2) is 9.97 Å². The SMILES string of the molecule is Nc1nc2ccc(Oc3ccnc(-c4ncc(C(F)(F)F)[nH]4)c3)cc2s1.c1ccc2c(c1)CCC2. The molecule has 1 aliphatic rings. The van der Waals surface area contributed by atoms with Crippen LogP contribution in [0, 0.1) is 0 Å². The fraction of sp³-hybridized carbons (Fsp3) is 0.160. The van der Waals surface area contributed by atoms with E-state index in [0.29, 0.717) is 16.6 Å². The summed E-state index contributed by atoms with van der Waals surface area (Å²) < 4.78 is 44.7. The number of halogens is 3. The predicted octanol–water partition coefficient (Wildman–Crippen LogP) is 6.65. The molecule has 1 aliphatic carbocycles. The Morgan fingerprint density at radius 1 is 0.943 bits per heavy atom. The highest BCUT2D eigenvalue weighted by molar-refractivity contribution is 7.22. The number of imidazole rings is 1. The molecule has 3 heterocycles. The van der Waals surface area contributed by atoms with Gasteiger partial charge in [-0.05, 0) is 48.6 Å². The van der Waals surface area contributed by atoms with Crippen molar-refractivity contribution >= 4 is 26.7 Å².